The summed E-state index contributed by atoms with van der Waals surface area (Å²) in [7, 11) is 4.64. The lowest BCUT2D eigenvalue weighted by atomic mass is 10.0. The molecule has 6 nitrogen and oxygen atoms in total. The number of benzene rings is 2. The minimum atomic E-state index is -0.341. The molecule has 1 heterocycles. The van der Waals surface area contributed by atoms with Crippen molar-refractivity contribution in [1.82, 2.24) is 10.3 Å². The average Bonchev–Trinajstić information content (AvgIpc) is 2.77. The van der Waals surface area contributed by atoms with E-state index in [1.54, 1.807) is 39.7 Å². The summed E-state index contributed by atoms with van der Waals surface area (Å²) in [6.45, 7) is 0. The molecule has 0 aliphatic rings. The van der Waals surface area contributed by atoms with Gasteiger partial charge in [0, 0.05) is 6.20 Å². The van der Waals surface area contributed by atoms with E-state index in [9.17, 15) is 4.79 Å². The largest absolute Gasteiger partial charge is 0.493 e. The maximum Gasteiger partial charge on any atom is 0.225 e. The quantitative estimate of drug-likeness (QED) is 0.635. The number of carbonyl (C=O) groups is 1. The van der Waals surface area contributed by atoms with Gasteiger partial charge in [-0.05, 0) is 35.4 Å². The van der Waals surface area contributed by atoms with Crippen LogP contribution in [0.25, 0.3) is 0 Å². The summed E-state index contributed by atoms with van der Waals surface area (Å²) in [6, 6.07) is 18.6. The summed E-state index contributed by atoms with van der Waals surface area (Å²) in [5, 5.41) is 3.09. The molecule has 6 heteroatoms. The Hall–Kier alpha value is -3.54. The third kappa shape index (κ3) is 4.85. The van der Waals surface area contributed by atoms with Crippen LogP contribution in [0, 0.1) is 0 Å². The van der Waals surface area contributed by atoms with Crippen molar-refractivity contribution in [3.05, 3.63) is 83.7 Å². The number of ether oxygens (including phenoxy) is 3. The van der Waals surface area contributed by atoms with Crippen LogP contribution in [0.15, 0.2) is 66.9 Å². The van der Waals surface area contributed by atoms with Gasteiger partial charge in [0.1, 0.15) is 0 Å². The summed E-state index contributed by atoms with van der Waals surface area (Å²) in [5.41, 5.74) is 2.49. The highest BCUT2D eigenvalue weighted by atomic mass is 16.5. The molecule has 2 aromatic carbocycles. The van der Waals surface area contributed by atoms with Gasteiger partial charge in [-0.1, -0.05) is 36.4 Å². The molecular formula is C23H24N2O4. The molecule has 0 fully saturated rings. The summed E-state index contributed by atoms with van der Waals surface area (Å²) in [4.78, 5) is 17.3. The smallest absolute Gasteiger partial charge is 0.225 e. The number of aromatic nitrogens is 1. The van der Waals surface area contributed by atoms with Crippen LogP contribution in [0.2, 0.25) is 0 Å². The molecule has 3 rings (SSSR count). The fraction of sp³-hybridized carbons (Fsp3) is 0.217. The van der Waals surface area contributed by atoms with Gasteiger partial charge < -0.3 is 19.5 Å². The first-order chi connectivity index (χ1) is 14.2. The second-order valence-electron chi connectivity index (χ2n) is 6.38. The second kappa shape index (κ2) is 9.59. The molecule has 0 bridgehead atoms. The number of pyridine rings is 1. The van der Waals surface area contributed by atoms with E-state index >= 15 is 0 Å². The molecule has 0 radical (unpaired) electrons. The van der Waals surface area contributed by atoms with E-state index in [2.05, 4.69) is 10.3 Å². The fourth-order valence-corrected chi connectivity index (χ4v) is 3.16. The number of nitrogens with zero attached hydrogens (tertiary/aromatic N) is 1. The van der Waals surface area contributed by atoms with Gasteiger partial charge in [0.15, 0.2) is 11.5 Å². The fourth-order valence-electron chi connectivity index (χ4n) is 3.16. The zero-order chi connectivity index (χ0) is 20.6. The van der Waals surface area contributed by atoms with Crippen molar-refractivity contribution in [2.24, 2.45) is 0 Å². The molecular weight excluding hydrogens is 368 g/mol. The Morgan fingerprint density at radius 1 is 0.931 bits per heavy atom. The van der Waals surface area contributed by atoms with Gasteiger partial charge in [0.2, 0.25) is 11.7 Å². The van der Waals surface area contributed by atoms with E-state index in [0.717, 1.165) is 16.8 Å². The summed E-state index contributed by atoms with van der Waals surface area (Å²) < 4.78 is 16.1. The molecule has 150 valence electrons. The van der Waals surface area contributed by atoms with Gasteiger partial charge in [-0.3, -0.25) is 9.78 Å². The molecule has 1 amide bonds. The van der Waals surface area contributed by atoms with Gasteiger partial charge in [-0.25, -0.2) is 0 Å². The third-order valence-corrected chi connectivity index (χ3v) is 4.51. The van der Waals surface area contributed by atoms with Crippen molar-refractivity contribution >= 4 is 5.91 Å². The lowest BCUT2D eigenvalue weighted by molar-refractivity contribution is -0.121. The number of rotatable bonds is 8. The van der Waals surface area contributed by atoms with Crippen LogP contribution in [0.1, 0.15) is 22.9 Å². The number of hydrogen-bond donors (Lipinski definition) is 1. The second-order valence-corrected chi connectivity index (χ2v) is 6.38. The Balaban J connectivity index is 1.84. The van der Waals surface area contributed by atoms with E-state index in [4.69, 9.17) is 14.2 Å². The number of carbonyl (C=O) groups excluding carboxylic acids is 1. The standard InChI is InChI=1S/C23H24N2O4/c1-27-19-13-16(14-20(28-2)23(19)29-3)15-21(26)25-22(17-9-5-4-6-10-17)18-11-7-8-12-24-18/h4-14,22H,15H2,1-3H3,(H,25,26). The molecule has 1 atom stereocenters. The van der Waals surface area contributed by atoms with Gasteiger partial charge >= 0.3 is 0 Å². The van der Waals surface area contributed by atoms with Crippen LogP contribution in [0.5, 0.6) is 17.2 Å². The summed E-state index contributed by atoms with van der Waals surface area (Å²) in [5.74, 6) is 1.38. The van der Waals surface area contributed by atoms with Crippen molar-refractivity contribution in [2.75, 3.05) is 21.3 Å². The molecule has 1 unspecified atom stereocenters. The molecule has 0 aliphatic carbocycles. The Morgan fingerprint density at radius 3 is 2.14 bits per heavy atom. The monoisotopic (exact) mass is 392 g/mol. The van der Waals surface area contributed by atoms with Crippen molar-refractivity contribution in [3.63, 3.8) is 0 Å². The third-order valence-electron chi connectivity index (χ3n) is 4.51. The van der Waals surface area contributed by atoms with E-state index < -0.39 is 0 Å². The Bertz CT molecular complexity index is 881. The first-order valence-corrected chi connectivity index (χ1v) is 9.20. The van der Waals surface area contributed by atoms with Crippen LogP contribution in [0.3, 0.4) is 0 Å². The van der Waals surface area contributed by atoms with Crippen LogP contribution in [-0.4, -0.2) is 32.2 Å². The molecule has 1 aromatic heterocycles. The highest BCUT2D eigenvalue weighted by molar-refractivity contribution is 5.80. The number of hydrogen-bond acceptors (Lipinski definition) is 5. The predicted octanol–water partition coefficient (Wildman–Crippen LogP) is 3.56. The van der Waals surface area contributed by atoms with Crippen LogP contribution >= 0.6 is 0 Å². The molecule has 0 saturated heterocycles. The lowest BCUT2D eigenvalue weighted by Crippen LogP contribution is -2.31. The van der Waals surface area contributed by atoms with Crippen molar-refractivity contribution in [3.8, 4) is 17.2 Å². The topological polar surface area (TPSA) is 69.7 Å². The Kier molecular flexibility index (Phi) is 6.68. The zero-order valence-corrected chi connectivity index (χ0v) is 16.7. The SMILES string of the molecule is COc1cc(CC(=O)NC(c2ccccc2)c2ccccn2)cc(OC)c1OC. The molecule has 29 heavy (non-hydrogen) atoms. The van der Waals surface area contributed by atoms with Gasteiger partial charge in [-0.15, -0.1) is 0 Å². The minimum absolute atomic E-state index is 0.140. The normalized spacial score (nSPS) is 11.4. The Morgan fingerprint density at radius 2 is 1.59 bits per heavy atom. The predicted molar refractivity (Wildman–Crippen MR) is 110 cm³/mol. The van der Waals surface area contributed by atoms with Gasteiger partial charge in [0.05, 0.1) is 39.5 Å². The van der Waals surface area contributed by atoms with Gasteiger partial charge in [-0.2, -0.15) is 0 Å². The van der Waals surface area contributed by atoms with Crippen molar-refractivity contribution in [1.29, 1.82) is 0 Å². The maximum atomic E-state index is 12.9. The first kappa shape index (κ1) is 20.2. The molecule has 0 aliphatic heterocycles. The summed E-state index contributed by atoms with van der Waals surface area (Å²) in [6.07, 6.45) is 1.88. The minimum Gasteiger partial charge on any atom is -0.493 e. The van der Waals surface area contributed by atoms with E-state index in [1.165, 1.54) is 0 Å². The highest BCUT2D eigenvalue weighted by Crippen LogP contribution is 2.38. The van der Waals surface area contributed by atoms with Gasteiger partial charge in [0.25, 0.3) is 0 Å². The number of nitrogens with one attached hydrogen (secondary N) is 1. The molecule has 0 spiro atoms. The van der Waals surface area contributed by atoms with Crippen LogP contribution < -0.4 is 19.5 Å². The lowest BCUT2D eigenvalue weighted by Gasteiger charge is -2.19. The van der Waals surface area contributed by atoms with E-state index in [-0.39, 0.29) is 18.4 Å². The van der Waals surface area contributed by atoms with E-state index in [1.807, 2.05) is 48.5 Å². The highest BCUT2D eigenvalue weighted by Gasteiger charge is 2.19. The van der Waals surface area contributed by atoms with Crippen molar-refractivity contribution < 1.29 is 19.0 Å². The first-order valence-electron chi connectivity index (χ1n) is 9.20. The summed E-state index contributed by atoms with van der Waals surface area (Å²) >= 11 is 0. The van der Waals surface area contributed by atoms with Crippen LogP contribution in [-0.2, 0) is 11.2 Å². The zero-order valence-electron chi connectivity index (χ0n) is 16.7. The molecule has 0 saturated carbocycles. The Labute approximate surface area is 170 Å². The van der Waals surface area contributed by atoms with E-state index in [0.29, 0.717) is 17.2 Å². The number of amides is 1. The van der Waals surface area contributed by atoms with Crippen LogP contribution in [0.4, 0.5) is 0 Å². The maximum absolute atomic E-state index is 12.9. The molecule has 3 aromatic rings. The van der Waals surface area contributed by atoms with Crippen molar-refractivity contribution in [2.45, 2.75) is 12.5 Å². The average molecular weight is 392 g/mol. The molecule has 1 N–H and O–H groups in total. The number of methoxy groups -OCH3 is 3.